The number of aliphatic carboxylic acids is 1. The second kappa shape index (κ2) is 17.2. The molecule has 14 nitrogen and oxygen atoms in total. The zero-order valence-electron chi connectivity index (χ0n) is 24.8. The van der Waals surface area contributed by atoms with E-state index in [2.05, 4.69) is 10.4 Å². The Balaban J connectivity index is 0.000000374. The number of benzene rings is 2. The summed E-state index contributed by atoms with van der Waals surface area (Å²) < 4.78 is 26.8. The Kier molecular flexibility index (Phi) is 15.4. The Hall–Kier alpha value is -2.81. The van der Waals surface area contributed by atoms with E-state index in [4.69, 9.17) is 80.3 Å². The fourth-order valence-electron chi connectivity index (χ4n) is 3.00. The van der Waals surface area contributed by atoms with Crippen molar-refractivity contribution in [3.8, 4) is 17.2 Å². The summed E-state index contributed by atoms with van der Waals surface area (Å²) in [5.41, 5.74) is -0.136. The van der Waals surface area contributed by atoms with Crippen LogP contribution >= 0.6 is 54.0 Å². The van der Waals surface area contributed by atoms with E-state index in [0.717, 1.165) is 4.68 Å². The molecule has 250 valence electrons. The molecular weight excluding hydrogens is 703 g/mol. The van der Waals surface area contributed by atoms with Crippen molar-refractivity contribution in [3.05, 3.63) is 66.4 Å². The molecule has 0 radical (unpaired) electrons. The third-order valence-electron chi connectivity index (χ3n) is 4.85. The molecule has 5 N–H and O–H groups in total. The lowest BCUT2D eigenvalue weighted by molar-refractivity contribution is -0.135. The van der Waals surface area contributed by atoms with Crippen molar-refractivity contribution in [1.29, 1.82) is 0 Å². The van der Waals surface area contributed by atoms with E-state index in [1.807, 2.05) is 34.6 Å². The maximum Gasteiger partial charge on any atom is 0.442 e. The first-order valence-electron chi connectivity index (χ1n) is 12.6. The Bertz CT molecular complexity index is 1600. The first-order valence-corrected chi connectivity index (χ1v) is 15.9. The molecule has 0 bridgehead atoms. The third kappa shape index (κ3) is 13.2. The molecule has 0 aliphatic rings. The van der Waals surface area contributed by atoms with Gasteiger partial charge < -0.3 is 33.9 Å². The predicted octanol–water partition coefficient (Wildman–Crippen LogP) is 5.71. The second-order valence-electron chi connectivity index (χ2n) is 10.1. The number of carboxylic acid groups (broad SMARTS) is 2. The summed E-state index contributed by atoms with van der Waals surface area (Å²) in [4.78, 5) is 48.9. The van der Waals surface area contributed by atoms with Crippen LogP contribution in [0.3, 0.4) is 0 Å². The highest BCUT2D eigenvalue weighted by Crippen LogP contribution is 2.35. The number of methoxy groups -OCH3 is 1. The van der Waals surface area contributed by atoms with Gasteiger partial charge in [0.15, 0.2) is 5.75 Å². The minimum Gasteiger partial charge on any atom is -0.494 e. The summed E-state index contributed by atoms with van der Waals surface area (Å²) in [7, 11) is -2.76. The summed E-state index contributed by atoms with van der Waals surface area (Å²) in [5.74, 6) is -2.07. The summed E-state index contributed by atoms with van der Waals surface area (Å²) >= 11 is 23.7. The molecule has 3 aromatic rings. The van der Waals surface area contributed by atoms with Gasteiger partial charge in [-0.05, 0) is 32.0 Å². The standard InChI is InChI=1S/C15H18Cl2N2O3.C8H6Cl2O3.C3H8NO5P/c1-8(2)21-12-7-11(9(16)6-10(12)17)19-14(20)22-13(18-19)15(3,4)5;1-13-7-5(10)3-2-4(9)6(7)8(11)12;5-3(6)1-4-2-10(7,8)9/h6-8H,1-5H3;2-3H,1H3,(H,11,12);4H,1-2H2,(H,5,6)(H2,7,8,9). The molecule has 0 saturated heterocycles. The lowest BCUT2D eigenvalue weighted by Crippen LogP contribution is -2.23. The van der Waals surface area contributed by atoms with Crippen molar-refractivity contribution >= 4 is 65.9 Å². The van der Waals surface area contributed by atoms with Crippen molar-refractivity contribution < 1.29 is 48.0 Å². The maximum atomic E-state index is 12.1. The summed E-state index contributed by atoms with van der Waals surface area (Å²) in [6.07, 6.45) is -0.662. The van der Waals surface area contributed by atoms with Crippen LogP contribution in [0.1, 0.15) is 50.9 Å². The quantitative estimate of drug-likeness (QED) is 0.167. The first kappa shape index (κ1) is 40.2. The molecule has 0 fully saturated rings. The Morgan fingerprint density at radius 1 is 1.04 bits per heavy atom. The van der Waals surface area contributed by atoms with Gasteiger partial charge in [-0.25, -0.2) is 9.59 Å². The molecule has 0 saturated carbocycles. The zero-order valence-corrected chi connectivity index (χ0v) is 28.7. The minimum absolute atomic E-state index is 0.0642. The molecule has 45 heavy (non-hydrogen) atoms. The van der Waals surface area contributed by atoms with Gasteiger partial charge >= 0.3 is 25.3 Å². The van der Waals surface area contributed by atoms with Crippen molar-refractivity contribution in [2.75, 3.05) is 19.9 Å². The van der Waals surface area contributed by atoms with Crippen LogP contribution in [-0.2, 0) is 14.8 Å². The minimum atomic E-state index is -4.10. The molecule has 19 heteroatoms. The average Bonchev–Trinajstić information content (AvgIpc) is 3.28. The molecule has 0 unspecified atom stereocenters. The number of hydrogen-bond acceptors (Lipinski definition) is 9. The SMILES string of the molecule is CC(C)Oc1cc(-n2nc(C(C)(C)C)oc2=O)c(Cl)cc1Cl.COc1c(Cl)ccc(Cl)c1C(=O)O.O=C(O)CNCP(=O)(O)O. The summed E-state index contributed by atoms with van der Waals surface area (Å²) in [6, 6.07) is 6.00. The van der Waals surface area contributed by atoms with Crippen molar-refractivity contribution in [1.82, 2.24) is 15.1 Å². The Labute approximate surface area is 277 Å². The van der Waals surface area contributed by atoms with Crippen LogP contribution in [0.4, 0.5) is 0 Å². The van der Waals surface area contributed by atoms with Crippen LogP contribution in [0.15, 0.2) is 33.5 Å². The van der Waals surface area contributed by atoms with Gasteiger partial charge in [0.1, 0.15) is 11.3 Å². The molecule has 0 spiro atoms. The fourth-order valence-corrected chi connectivity index (χ4v) is 4.37. The number of aromatic carboxylic acids is 1. The monoisotopic (exact) mass is 733 g/mol. The van der Waals surface area contributed by atoms with E-state index in [1.54, 1.807) is 6.07 Å². The second-order valence-corrected chi connectivity index (χ2v) is 13.4. The molecule has 0 atom stereocenters. The number of rotatable bonds is 9. The van der Waals surface area contributed by atoms with E-state index < -0.39 is 38.1 Å². The van der Waals surface area contributed by atoms with Crippen molar-refractivity contribution in [3.63, 3.8) is 0 Å². The molecule has 1 aromatic heterocycles. The van der Waals surface area contributed by atoms with E-state index in [-0.39, 0.29) is 37.9 Å². The number of ether oxygens (including phenoxy) is 2. The van der Waals surface area contributed by atoms with E-state index in [9.17, 15) is 18.9 Å². The summed E-state index contributed by atoms with van der Waals surface area (Å²) in [6.45, 7) is 9.03. The molecule has 0 amide bonds. The predicted molar refractivity (Wildman–Crippen MR) is 169 cm³/mol. The fraction of sp³-hybridized carbons (Fsp3) is 0.385. The van der Waals surface area contributed by atoms with Gasteiger partial charge in [0.2, 0.25) is 5.89 Å². The number of halogens is 4. The molecular formula is C26H32Cl4N3O11P. The van der Waals surface area contributed by atoms with Crippen LogP contribution in [-0.4, -0.2) is 67.8 Å². The zero-order chi connectivity index (χ0) is 34.9. The highest BCUT2D eigenvalue weighted by atomic mass is 35.5. The van der Waals surface area contributed by atoms with Gasteiger partial charge in [0.05, 0.1) is 51.8 Å². The van der Waals surface area contributed by atoms with Crippen LogP contribution in [0.2, 0.25) is 20.1 Å². The lowest BCUT2D eigenvalue weighted by Gasteiger charge is -2.13. The molecule has 0 aliphatic heterocycles. The van der Waals surface area contributed by atoms with E-state index in [0.29, 0.717) is 22.4 Å². The normalized spacial score (nSPS) is 11.2. The topological polar surface area (TPSA) is 211 Å². The number of hydrogen-bond donors (Lipinski definition) is 5. The van der Waals surface area contributed by atoms with E-state index >= 15 is 0 Å². The number of carbonyl (C=O) groups is 2. The number of aromatic nitrogens is 2. The summed E-state index contributed by atoms with van der Waals surface area (Å²) in [5, 5.41) is 24.0. The smallest absolute Gasteiger partial charge is 0.442 e. The van der Waals surface area contributed by atoms with Crippen LogP contribution in [0.25, 0.3) is 5.69 Å². The van der Waals surface area contributed by atoms with Crippen LogP contribution < -0.4 is 20.5 Å². The van der Waals surface area contributed by atoms with Gasteiger partial charge in [-0.15, -0.1) is 5.10 Å². The molecule has 3 rings (SSSR count). The third-order valence-corrected chi connectivity index (χ3v) is 6.70. The van der Waals surface area contributed by atoms with Crippen LogP contribution in [0, 0.1) is 0 Å². The largest absolute Gasteiger partial charge is 0.494 e. The van der Waals surface area contributed by atoms with Crippen molar-refractivity contribution in [2.45, 2.75) is 46.1 Å². The Morgan fingerprint density at radius 2 is 1.62 bits per heavy atom. The average molecular weight is 735 g/mol. The maximum absolute atomic E-state index is 12.1. The van der Waals surface area contributed by atoms with E-state index in [1.165, 1.54) is 25.3 Å². The number of nitrogens with zero attached hydrogens (tertiary/aromatic N) is 2. The molecule has 1 heterocycles. The first-order chi connectivity index (χ1) is 20.6. The lowest BCUT2D eigenvalue weighted by atomic mass is 9.97. The van der Waals surface area contributed by atoms with Gasteiger partial charge in [-0.2, -0.15) is 4.68 Å². The highest BCUT2D eigenvalue weighted by molar-refractivity contribution is 7.51. The van der Waals surface area contributed by atoms with Gasteiger partial charge in [0.25, 0.3) is 0 Å². The number of carboxylic acids is 2. The van der Waals surface area contributed by atoms with Crippen LogP contribution in [0.5, 0.6) is 11.5 Å². The number of nitrogens with one attached hydrogen (secondary N) is 1. The molecule has 0 aliphatic carbocycles. The van der Waals surface area contributed by atoms with Gasteiger partial charge in [0, 0.05) is 11.5 Å². The van der Waals surface area contributed by atoms with Gasteiger partial charge in [-0.3, -0.25) is 14.7 Å². The van der Waals surface area contributed by atoms with Crippen molar-refractivity contribution in [2.24, 2.45) is 0 Å². The Morgan fingerprint density at radius 3 is 2.04 bits per heavy atom. The highest BCUT2D eigenvalue weighted by Gasteiger charge is 2.24. The van der Waals surface area contributed by atoms with Gasteiger partial charge in [-0.1, -0.05) is 67.2 Å². The molecule has 2 aromatic carbocycles.